The van der Waals surface area contributed by atoms with Gasteiger partial charge in [0.25, 0.3) is 0 Å². The highest BCUT2D eigenvalue weighted by Gasteiger charge is 2.22. The molecule has 0 saturated carbocycles. The van der Waals surface area contributed by atoms with Crippen molar-refractivity contribution in [3.05, 3.63) is 71.9 Å². The Bertz CT molecular complexity index is 1600. The van der Waals surface area contributed by atoms with Gasteiger partial charge in [0, 0.05) is 15.5 Å². The van der Waals surface area contributed by atoms with E-state index in [-0.39, 0.29) is 11.6 Å². The smallest absolute Gasteiger partial charge is 0.411 e. The van der Waals surface area contributed by atoms with Crippen LogP contribution in [0, 0.1) is 5.82 Å². The number of carbonyl (C=O) groups is 2. The fourth-order valence-corrected chi connectivity index (χ4v) is 4.62. The lowest BCUT2D eigenvalue weighted by molar-refractivity contribution is 0.0600. The molecule has 4 aromatic rings. The maximum atomic E-state index is 14.9. The predicted octanol–water partition coefficient (Wildman–Crippen LogP) is 7.89. The lowest BCUT2D eigenvalue weighted by atomic mass is 10.1. The Balaban J connectivity index is 1.61. The molecule has 0 saturated heterocycles. The molecule has 14 heteroatoms. The number of benzene rings is 2. The number of methoxy groups -OCH3 is 1. The first-order valence-corrected chi connectivity index (χ1v) is 14.0. The third kappa shape index (κ3) is 8.10. The molecule has 0 bridgehead atoms. The molecular weight excluding hydrogens is 616 g/mol. The van der Waals surface area contributed by atoms with Crippen molar-refractivity contribution in [2.24, 2.45) is 0 Å². The zero-order valence-corrected chi connectivity index (χ0v) is 25.0. The first-order valence-electron chi connectivity index (χ1n) is 12.0. The summed E-state index contributed by atoms with van der Waals surface area (Å²) in [5, 5.41) is 6.21. The quantitative estimate of drug-likeness (QED) is 0.147. The van der Waals surface area contributed by atoms with Gasteiger partial charge in [-0.05, 0) is 54.4 Å². The van der Waals surface area contributed by atoms with Crippen molar-refractivity contribution in [3.8, 4) is 0 Å². The molecular formula is C27H23Cl3FN5O4S. The zero-order chi connectivity index (χ0) is 29.7. The number of nitrogens with one attached hydrogen (secondary N) is 2. The van der Waals surface area contributed by atoms with Crippen molar-refractivity contribution in [1.29, 1.82) is 0 Å². The summed E-state index contributed by atoms with van der Waals surface area (Å²) in [5.74, 6) is -0.542. The molecule has 2 heterocycles. The Morgan fingerprint density at radius 2 is 1.83 bits per heavy atom. The van der Waals surface area contributed by atoms with Crippen molar-refractivity contribution < 1.29 is 23.5 Å². The minimum absolute atomic E-state index is 0.122. The molecule has 0 unspecified atom stereocenters. The lowest BCUT2D eigenvalue weighted by Gasteiger charge is -2.15. The molecule has 0 aliphatic heterocycles. The SMILES string of the molecule is COC(=O)c1ccc(Sc2ccc(NC(=O)OCC(Cl)(Cl)Cl)c(F)c2)c(Nc2ncnc3nc(C(C)C)ccc23)c1. The van der Waals surface area contributed by atoms with Crippen LogP contribution in [0.3, 0.4) is 0 Å². The van der Waals surface area contributed by atoms with Crippen LogP contribution in [-0.4, -0.2) is 44.5 Å². The van der Waals surface area contributed by atoms with Gasteiger partial charge in [-0.1, -0.05) is 60.4 Å². The molecule has 2 aromatic carbocycles. The summed E-state index contributed by atoms with van der Waals surface area (Å²) in [6, 6.07) is 12.9. The largest absolute Gasteiger partial charge is 0.465 e. The number of fused-ring (bicyclic) bond motifs is 1. The van der Waals surface area contributed by atoms with Gasteiger partial charge in [-0.3, -0.25) is 5.32 Å². The molecule has 9 nitrogen and oxygen atoms in total. The average Bonchev–Trinajstić information content (AvgIpc) is 2.93. The Morgan fingerprint density at radius 1 is 1.05 bits per heavy atom. The fraction of sp³-hybridized carbons (Fsp3) is 0.222. The van der Waals surface area contributed by atoms with Crippen LogP contribution < -0.4 is 10.6 Å². The van der Waals surface area contributed by atoms with E-state index < -0.39 is 28.3 Å². The van der Waals surface area contributed by atoms with Crippen LogP contribution in [0.15, 0.2) is 64.6 Å². The molecule has 0 atom stereocenters. The van der Waals surface area contributed by atoms with E-state index >= 15 is 0 Å². The molecule has 0 aliphatic rings. The molecule has 0 spiro atoms. The minimum atomic E-state index is -1.79. The van der Waals surface area contributed by atoms with Gasteiger partial charge in [0.15, 0.2) is 5.65 Å². The summed E-state index contributed by atoms with van der Waals surface area (Å²) >= 11 is 17.9. The molecule has 0 fully saturated rings. The normalized spacial score (nSPS) is 11.4. The maximum Gasteiger partial charge on any atom is 0.411 e. The second-order valence-corrected chi connectivity index (χ2v) is 12.5. The van der Waals surface area contributed by atoms with Gasteiger partial charge in [-0.15, -0.1) is 0 Å². The highest BCUT2D eigenvalue weighted by atomic mass is 35.6. The fourth-order valence-electron chi connectivity index (χ4n) is 3.55. The first-order chi connectivity index (χ1) is 19.4. The number of esters is 1. The van der Waals surface area contributed by atoms with Crippen LogP contribution in [0.5, 0.6) is 0 Å². The number of halogens is 4. The third-order valence-corrected chi connectivity index (χ3v) is 6.93. The van der Waals surface area contributed by atoms with E-state index in [1.54, 1.807) is 24.3 Å². The number of nitrogens with zero attached hydrogens (tertiary/aromatic N) is 3. The number of ether oxygens (including phenoxy) is 2. The van der Waals surface area contributed by atoms with E-state index in [0.717, 1.165) is 5.69 Å². The first kappa shape index (κ1) is 30.6. The average molecular weight is 639 g/mol. The molecule has 4 rings (SSSR count). The van der Waals surface area contributed by atoms with E-state index in [2.05, 4.69) is 25.6 Å². The van der Waals surface area contributed by atoms with Crippen molar-refractivity contribution in [3.63, 3.8) is 0 Å². The Labute approximate surface area is 254 Å². The Morgan fingerprint density at radius 3 is 2.51 bits per heavy atom. The van der Waals surface area contributed by atoms with Crippen LogP contribution in [0.1, 0.15) is 35.8 Å². The second kappa shape index (κ2) is 13.1. The van der Waals surface area contributed by atoms with Crippen molar-refractivity contribution in [1.82, 2.24) is 15.0 Å². The van der Waals surface area contributed by atoms with Crippen LogP contribution in [0.4, 0.5) is 26.4 Å². The highest BCUT2D eigenvalue weighted by molar-refractivity contribution is 7.99. The molecule has 2 aromatic heterocycles. The van der Waals surface area contributed by atoms with E-state index in [1.165, 1.54) is 37.3 Å². The van der Waals surface area contributed by atoms with Crippen molar-refractivity contribution in [2.75, 3.05) is 24.4 Å². The molecule has 0 radical (unpaired) electrons. The number of pyridine rings is 1. The van der Waals surface area contributed by atoms with E-state index in [0.29, 0.717) is 37.9 Å². The molecule has 1 amide bonds. The van der Waals surface area contributed by atoms with Gasteiger partial charge < -0.3 is 14.8 Å². The summed E-state index contributed by atoms with van der Waals surface area (Å²) in [7, 11) is 1.29. The molecule has 2 N–H and O–H groups in total. The summed E-state index contributed by atoms with van der Waals surface area (Å²) in [6.45, 7) is 3.58. The second-order valence-electron chi connectivity index (χ2n) is 8.87. The molecule has 0 aliphatic carbocycles. The minimum Gasteiger partial charge on any atom is -0.465 e. The standard InChI is InChI=1S/C27H23Cl3FN5O4S/c1-14(2)19-8-6-17-23(34-19)32-13-33-24(17)35-21-10-15(25(37)39-3)4-9-22(21)41-16-5-7-20(18(31)11-16)36-26(38)40-12-27(28,29)30/h4-11,13-14H,12H2,1-3H3,(H,36,38)(H,32,33,34,35). The number of hydrogen-bond acceptors (Lipinski definition) is 9. The summed E-state index contributed by atoms with van der Waals surface area (Å²) < 4.78 is 22.7. The highest BCUT2D eigenvalue weighted by Crippen LogP contribution is 2.37. The summed E-state index contributed by atoms with van der Waals surface area (Å²) in [6.07, 6.45) is 0.422. The number of alkyl halides is 3. The number of rotatable bonds is 8. The van der Waals surface area contributed by atoms with Gasteiger partial charge in [-0.2, -0.15) is 0 Å². The van der Waals surface area contributed by atoms with Gasteiger partial charge in [0.1, 0.15) is 24.6 Å². The number of aromatic nitrogens is 3. The maximum absolute atomic E-state index is 14.9. The lowest BCUT2D eigenvalue weighted by Crippen LogP contribution is -2.21. The van der Waals surface area contributed by atoms with E-state index in [4.69, 9.17) is 44.3 Å². The van der Waals surface area contributed by atoms with E-state index in [1.807, 2.05) is 26.0 Å². The van der Waals surface area contributed by atoms with Gasteiger partial charge in [-0.25, -0.2) is 28.9 Å². The van der Waals surface area contributed by atoms with E-state index in [9.17, 15) is 14.0 Å². The number of amides is 1. The third-order valence-electron chi connectivity index (χ3n) is 5.54. The van der Waals surface area contributed by atoms with Crippen LogP contribution in [0.25, 0.3) is 11.0 Å². The monoisotopic (exact) mass is 637 g/mol. The molecule has 41 heavy (non-hydrogen) atoms. The van der Waals surface area contributed by atoms with Crippen LogP contribution in [0.2, 0.25) is 0 Å². The summed E-state index contributed by atoms with van der Waals surface area (Å²) in [4.78, 5) is 38.6. The summed E-state index contributed by atoms with van der Waals surface area (Å²) in [5.41, 5.74) is 2.11. The number of carbonyl (C=O) groups excluding carboxylic acids is 2. The van der Waals surface area contributed by atoms with Gasteiger partial charge >= 0.3 is 12.1 Å². The predicted molar refractivity (Wildman–Crippen MR) is 158 cm³/mol. The number of anilines is 3. The Kier molecular flexibility index (Phi) is 9.75. The Hall–Kier alpha value is -3.38. The van der Waals surface area contributed by atoms with Gasteiger partial charge in [0.05, 0.1) is 29.4 Å². The number of hydrogen-bond donors (Lipinski definition) is 2. The zero-order valence-electron chi connectivity index (χ0n) is 21.9. The van der Waals surface area contributed by atoms with Crippen molar-refractivity contribution >= 4 is 86.9 Å². The topological polar surface area (TPSA) is 115 Å². The van der Waals surface area contributed by atoms with Crippen molar-refractivity contribution in [2.45, 2.75) is 33.3 Å². The molecule has 214 valence electrons. The van der Waals surface area contributed by atoms with Crippen LogP contribution in [-0.2, 0) is 9.47 Å². The van der Waals surface area contributed by atoms with Gasteiger partial charge in [0.2, 0.25) is 3.79 Å². The van der Waals surface area contributed by atoms with Crippen LogP contribution >= 0.6 is 46.6 Å².